The van der Waals surface area contributed by atoms with Gasteiger partial charge in [-0.05, 0) is 30.9 Å². The van der Waals surface area contributed by atoms with Crippen molar-refractivity contribution in [1.29, 1.82) is 0 Å². The second kappa shape index (κ2) is 6.48. The standard InChI is InChI=1S/C20H24N4O/c1-3-5-18-22-17-12-24(9-8-16(17)20(25)23-18)11-14-10-21-19-13(2)6-4-7-15(14)19/h4,6-7,10,21H,3,5,8-9,11-12H2,1-2H3,(H,22,23,25). The summed E-state index contributed by atoms with van der Waals surface area (Å²) in [6, 6.07) is 6.41. The van der Waals surface area contributed by atoms with E-state index in [1.807, 2.05) is 0 Å². The topological polar surface area (TPSA) is 64.8 Å². The molecule has 0 aliphatic carbocycles. The van der Waals surface area contributed by atoms with E-state index in [0.29, 0.717) is 0 Å². The normalized spacial score (nSPS) is 14.8. The molecule has 2 N–H and O–H groups in total. The van der Waals surface area contributed by atoms with E-state index < -0.39 is 0 Å². The van der Waals surface area contributed by atoms with Gasteiger partial charge in [0.2, 0.25) is 0 Å². The second-order valence-corrected chi connectivity index (χ2v) is 6.96. The number of para-hydroxylation sites is 1. The van der Waals surface area contributed by atoms with Crippen molar-refractivity contribution in [2.75, 3.05) is 6.54 Å². The van der Waals surface area contributed by atoms with Crippen molar-refractivity contribution in [3.63, 3.8) is 0 Å². The van der Waals surface area contributed by atoms with E-state index in [1.165, 1.54) is 22.0 Å². The van der Waals surface area contributed by atoms with Crippen molar-refractivity contribution in [2.45, 2.75) is 46.2 Å². The summed E-state index contributed by atoms with van der Waals surface area (Å²) >= 11 is 0. The molecule has 4 rings (SSSR count). The molecule has 3 heterocycles. The molecule has 0 unspecified atom stereocenters. The Hall–Kier alpha value is -2.40. The monoisotopic (exact) mass is 336 g/mol. The Kier molecular flexibility index (Phi) is 4.17. The second-order valence-electron chi connectivity index (χ2n) is 6.96. The largest absolute Gasteiger partial charge is 0.361 e. The number of nitrogens with zero attached hydrogens (tertiary/aromatic N) is 2. The molecule has 5 nitrogen and oxygen atoms in total. The first kappa shape index (κ1) is 16.1. The van der Waals surface area contributed by atoms with Crippen molar-refractivity contribution in [3.8, 4) is 0 Å². The lowest BCUT2D eigenvalue weighted by Crippen LogP contribution is -2.35. The molecule has 2 aromatic heterocycles. The van der Waals surface area contributed by atoms with E-state index in [-0.39, 0.29) is 5.56 Å². The van der Waals surface area contributed by atoms with Gasteiger partial charge in [0.25, 0.3) is 5.56 Å². The van der Waals surface area contributed by atoms with Crippen molar-refractivity contribution in [1.82, 2.24) is 19.9 Å². The van der Waals surface area contributed by atoms with E-state index >= 15 is 0 Å². The number of hydrogen-bond donors (Lipinski definition) is 2. The Bertz CT molecular complexity index is 969. The first-order chi connectivity index (χ1) is 12.2. The lowest BCUT2D eigenvalue weighted by atomic mass is 10.0. The summed E-state index contributed by atoms with van der Waals surface area (Å²) in [6.45, 7) is 6.74. The fraction of sp³-hybridized carbons (Fsp3) is 0.400. The summed E-state index contributed by atoms with van der Waals surface area (Å²) < 4.78 is 0. The quantitative estimate of drug-likeness (QED) is 0.769. The molecule has 0 amide bonds. The number of fused-ring (bicyclic) bond motifs is 2. The van der Waals surface area contributed by atoms with Gasteiger partial charge in [-0.25, -0.2) is 4.98 Å². The highest BCUT2D eigenvalue weighted by Gasteiger charge is 2.21. The molecule has 0 spiro atoms. The molecule has 130 valence electrons. The third kappa shape index (κ3) is 3.00. The highest BCUT2D eigenvalue weighted by atomic mass is 16.1. The summed E-state index contributed by atoms with van der Waals surface area (Å²) in [7, 11) is 0. The predicted octanol–water partition coefficient (Wildman–Crippen LogP) is 3.07. The molecular weight excluding hydrogens is 312 g/mol. The van der Waals surface area contributed by atoms with Crippen LogP contribution in [0.2, 0.25) is 0 Å². The van der Waals surface area contributed by atoms with Crippen LogP contribution in [0.5, 0.6) is 0 Å². The first-order valence-corrected chi connectivity index (χ1v) is 9.04. The third-order valence-corrected chi connectivity index (χ3v) is 5.09. The van der Waals surface area contributed by atoms with Gasteiger partial charge in [-0.3, -0.25) is 9.69 Å². The number of nitrogens with one attached hydrogen (secondary N) is 2. The van der Waals surface area contributed by atoms with Gasteiger partial charge < -0.3 is 9.97 Å². The van der Waals surface area contributed by atoms with Crippen LogP contribution in [0.1, 0.15) is 41.6 Å². The Morgan fingerprint density at radius 2 is 2.20 bits per heavy atom. The fourth-order valence-electron chi connectivity index (χ4n) is 3.77. The highest BCUT2D eigenvalue weighted by Crippen LogP contribution is 2.24. The van der Waals surface area contributed by atoms with Gasteiger partial charge in [0.1, 0.15) is 5.82 Å². The molecule has 3 aromatic rings. The maximum atomic E-state index is 12.3. The van der Waals surface area contributed by atoms with Crippen LogP contribution >= 0.6 is 0 Å². The minimum Gasteiger partial charge on any atom is -0.361 e. The fourth-order valence-corrected chi connectivity index (χ4v) is 3.77. The van der Waals surface area contributed by atoms with Crippen LogP contribution in [-0.2, 0) is 25.9 Å². The van der Waals surface area contributed by atoms with Gasteiger partial charge in [0.15, 0.2) is 0 Å². The van der Waals surface area contributed by atoms with E-state index in [0.717, 1.165) is 56.0 Å². The Morgan fingerprint density at radius 3 is 3.04 bits per heavy atom. The number of benzene rings is 1. The van der Waals surface area contributed by atoms with Crippen LogP contribution in [0.15, 0.2) is 29.2 Å². The van der Waals surface area contributed by atoms with Crippen molar-refractivity contribution < 1.29 is 0 Å². The van der Waals surface area contributed by atoms with Gasteiger partial charge >= 0.3 is 0 Å². The lowest BCUT2D eigenvalue weighted by molar-refractivity contribution is 0.241. The number of rotatable bonds is 4. The summed E-state index contributed by atoms with van der Waals surface area (Å²) in [5, 5.41) is 1.29. The molecule has 0 saturated carbocycles. The summed E-state index contributed by atoms with van der Waals surface area (Å²) in [6.07, 6.45) is 4.69. The van der Waals surface area contributed by atoms with Crippen LogP contribution in [-0.4, -0.2) is 26.4 Å². The maximum absolute atomic E-state index is 12.3. The van der Waals surface area contributed by atoms with Crippen LogP contribution in [0.4, 0.5) is 0 Å². The minimum absolute atomic E-state index is 0.0517. The zero-order valence-corrected chi connectivity index (χ0v) is 14.9. The SMILES string of the molecule is CCCc1nc2c(c(=O)[nH]1)CCN(Cc1c[nH]c3c(C)cccc13)C2. The molecule has 0 saturated heterocycles. The molecule has 1 aliphatic rings. The van der Waals surface area contributed by atoms with Crippen LogP contribution in [0.25, 0.3) is 10.9 Å². The molecule has 25 heavy (non-hydrogen) atoms. The average Bonchev–Trinajstić information content (AvgIpc) is 2.99. The van der Waals surface area contributed by atoms with E-state index in [9.17, 15) is 4.79 Å². The van der Waals surface area contributed by atoms with Crippen molar-refractivity contribution >= 4 is 10.9 Å². The molecule has 0 bridgehead atoms. The van der Waals surface area contributed by atoms with Gasteiger partial charge in [0, 0.05) is 48.7 Å². The number of aryl methyl sites for hydroxylation is 2. The number of H-pyrrole nitrogens is 2. The van der Waals surface area contributed by atoms with Gasteiger partial charge in [-0.15, -0.1) is 0 Å². The summed E-state index contributed by atoms with van der Waals surface area (Å²) in [5.41, 5.74) is 5.66. The summed E-state index contributed by atoms with van der Waals surface area (Å²) in [4.78, 5) is 25.7. The molecule has 0 radical (unpaired) electrons. The van der Waals surface area contributed by atoms with Crippen LogP contribution < -0.4 is 5.56 Å². The van der Waals surface area contributed by atoms with E-state index in [2.05, 4.69) is 53.1 Å². The van der Waals surface area contributed by atoms with E-state index in [4.69, 9.17) is 4.98 Å². The zero-order chi connectivity index (χ0) is 17.4. The smallest absolute Gasteiger partial charge is 0.254 e. The minimum atomic E-state index is 0.0517. The number of aromatic amines is 2. The van der Waals surface area contributed by atoms with Crippen molar-refractivity contribution in [2.24, 2.45) is 0 Å². The predicted molar refractivity (Wildman–Crippen MR) is 99.7 cm³/mol. The molecule has 1 aromatic carbocycles. The Morgan fingerprint density at radius 1 is 1.32 bits per heavy atom. The number of hydrogen-bond acceptors (Lipinski definition) is 3. The van der Waals surface area contributed by atoms with Gasteiger partial charge in [-0.2, -0.15) is 0 Å². The van der Waals surface area contributed by atoms with Crippen molar-refractivity contribution in [3.05, 3.63) is 63.0 Å². The highest BCUT2D eigenvalue weighted by molar-refractivity contribution is 5.85. The molecule has 0 fully saturated rings. The molecule has 1 aliphatic heterocycles. The third-order valence-electron chi connectivity index (χ3n) is 5.09. The lowest BCUT2D eigenvalue weighted by Gasteiger charge is -2.27. The van der Waals surface area contributed by atoms with Crippen LogP contribution in [0, 0.1) is 6.92 Å². The van der Waals surface area contributed by atoms with Gasteiger partial charge in [0.05, 0.1) is 5.69 Å². The Balaban J connectivity index is 1.59. The molecular formula is C20H24N4O. The van der Waals surface area contributed by atoms with E-state index in [1.54, 1.807) is 0 Å². The summed E-state index contributed by atoms with van der Waals surface area (Å²) in [5.74, 6) is 0.816. The van der Waals surface area contributed by atoms with Crippen LogP contribution in [0.3, 0.4) is 0 Å². The zero-order valence-electron chi connectivity index (χ0n) is 14.9. The average molecular weight is 336 g/mol. The first-order valence-electron chi connectivity index (χ1n) is 9.04. The number of aromatic nitrogens is 3. The molecule has 0 atom stereocenters. The maximum Gasteiger partial charge on any atom is 0.254 e. The van der Waals surface area contributed by atoms with Gasteiger partial charge in [-0.1, -0.05) is 25.1 Å². The Labute approximate surface area is 147 Å². The molecule has 5 heteroatoms.